The van der Waals surface area contributed by atoms with Crippen LogP contribution in [0.2, 0.25) is 0 Å². The topological polar surface area (TPSA) is 108 Å². The third-order valence-corrected chi connectivity index (χ3v) is 7.55. The molecule has 1 aliphatic rings. The number of carbonyl (C=O) groups is 1. The molecule has 1 aliphatic heterocycles. The minimum absolute atomic E-state index is 0.0196. The van der Waals surface area contributed by atoms with Gasteiger partial charge in [0.2, 0.25) is 10.0 Å². The second kappa shape index (κ2) is 9.63. The summed E-state index contributed by atoms with van der Waals surface area (Å²) in [6.45, 7) is 4.39. The van der Waals surface area contributed by atoms with Crippen LogP contribution < -0.4 is 5.32 Å². The third kappa shape index (κ3) is 4.71. The van der Waals surface area contributed by atoms with Crippen LogP contribution in [0.1, 0.15) is 37.8 Å². The third-order valence-electron chi connectivity index (χ3n) is 5.48. The summed E-state index contributed by atoms with van der Waals surface area (Å²) in [5.74, 6) is 0.997. The first-order valence-electron chi connectivity index (χ1n) is 10.7. The molecule has 1 atom stereocenters. The maximum absolute atomic E-state index is 13.0. The molecular weight excluding hydrogens is 444 g/mol. The normalized spacial score (nSPS) is 16.3. The van der Waals surface area contributed by atoms with Crippen LogP contribution in [0.15, 0.2) is 79.9 Å². The number of nitrogens with zero attached hydrogens (tertiary/aromatic N) is 3. The van der Waals surface area contributed by atoms with E-state index in [1.807, 2.05) is 6.07 Å². The van der Waals surface area contributed by atoms with Gasteiger partial charge in [-0.1, -0.05) is 13.8 Å². The zero-order valence-electron chi connectivity index (χ0n) is 18.5. The molecule has 0 radical (unpaired) electrons. The summed E-state index contributed by atoms with van der Waals surface area (Å²) >= 11 is 0. The smallest absolute Gasteiger partial charge is 0.262 e. The number of sulfonamides is 1. The first kappa shape index (κ1) is 22.8. The first-order chi connectivity index (χ1) is 15.9. The Morgan fingerprint density at radius 2 is 1.79 bits per heavy atom. The van der Waals surface area contributed by atoms with Crippen molar-refractivity contribution >= 4 is 27.3 Å². The molecule has 1 aromatic carbocycles. The molecule has 33 heavy (non-hydrogen) atoms. The summed E-state index contributed by atoms with van der Waals surface area (Å²) in [6.07, 6.45) is 3.61. The van der Waals surface area contributed by atoms with E-state index in [1.165, 1.54) is 21.4 Å². The van der Waals surface area contributed by atoms with Gasteiger partial charge in [-0.05, 0) is 48.5 Å². The Labute approximate surface area is 192 Å². The Balaban J connectivity index is 1.46. The van der Waals surface area contributed by atoms with Gasteiger partial charge in [-0.25, -0.2) is 13.4 Å². The second-order valence-electron chi connectivity index (χ2n) is 7.46. The number of hydrazone groups is 1. The maximum atomic E-state index is 13.0. The molecule has 0 bridgehead atoms. The molecule has 0 saturated heterocycles. The summed E-state index contributed by atoms with van der Waals surface area (Å²) in [6, 6.07) is 13.2. The Kier molecular flexibility index (Phi) is 6.66. The molecule has 9 nitrogen and oxygen atoms in total. The van der Waals surface area contributed by atoms with E-state index in [0.29, 0.717) is 42.4 Å². The molecular formula is C23H26N4O5S. The molecule has 0 fully saturated rings. The largest absolute Gasteiger partial charge is 0.467 e. The number of benzene rings is 1. The summed E-state index contributed by atoms with van der Waals surface area (Å²) in [5.41, 5.74) is 1.30. The van der Waals surface area contributed by atoms with Crippen LogP contribution in [-0.4, -0.2) is 49.0 Å². The maximum Gasteiger partial charge on any atom is 0.262 e. The molecule has 1 amide bonds. The van der Waals surface area contributed by atoms with Crippen molar-refractivity contribution in [1.29, 1.82) is 0 Å². The first-order valence-corrected chi connectivity index (χ1v) is 12.2. The molecule has 1 N–H and O–H groups in total. The van der Waals surface area contributed by atoms with Gasteiger partial charge in [-0.3, -0.25) is 4.79 Å². The van der Waals surface area contributed by atoms with Crippen molar-refractivity contribution in [3.8, 4) is 0 Å². The number of furan rings is 2. The Morgan fingerprint density at radius 1 is 1.09 bits per heavy atom. The standard InChI is InChI=1S/C23H26N4O5S/c1-3-26(4-2)33(29,30)18-11-9-17(10-12-18)24-16-23(28)27-20(22-8-6-14-32-22)15-19(25-27)21-7-5-13-31-21/h5-14,20,24H,3-4,15-16H2,1-2H3. The summed E-state index contributed by atoms with van der Waals surface area (Å²) in [4.78, 5) is 13.2. The molecule has 1 unspecified atom stereocenters. The lowest BCUT2D eigenvalue weighted by atomic mass is 10.1. The van der Waals surface area contributed by atoms with Gasteiger partial charge in [0.25, 0.3) is 5.91 Å². The molecule has 3 aromatic rings. The Hall–Kier alpha value is -3.37. The molecule has 0 aliphatic carbocycles. The van der Waals surface area contributed by atoms with Crippen LogP contribution in [0.25, 0.3) is 0 Å². The van der Waals surface area contributed by atoms with Crippen molar-refractivity contribution in [2.75, 3.05) is 25.0 Å². The van der Waals surface area contributed by atoms with E-state index < -0.39 is 10.0 Å². The highest BCUT2D eigenvalue weighted by Crippen LogP contribution is 2.33. The molecule has 3 heterocycles. The number of nitrogens with one attached hydrogen (secondary N) is 1. The highest BCUT2D eigenvalue weighted by atomic mass is 32.2. The van der Waals surface area contributed by atoms with Gasteiger partial charge < -0.3 is 14.2 Å². The molecule has 174 valence electrons. The minimum atomic E-state index is -3.53. The Bertz CT molecular complexity index is 1200. The molecule has 4 rings (SSSR count). The molecule has 0 spiro atoms. The molecule has 0 saturated carbocycles. The minimum Gasteiger partial charge on any atom is -0.467 e. The van der Waals surface area contributed by atoms with Crippen molar-refractivity contribution in [3.05, 3.63) is 72.6 Å². The van der Waals surface area contributed by atoms with Crippen molar-refractivity contribution in [2.45, 2.75) is 31.2 Å². The lowest BCUT2D eigenvalue weighted by Crippen LogP contribution is -2.32. The average molecular weight is 471 g/mol. The van der Waals surface area contributed by atoms with Gasteiger partial charge in [-0.15, -0.1) is 0 Å². The lowest BCUT2D eigenvalue weighted by Gasteiger charge is -2.20. The van der Waals surface area contributed by atoms with Crippen molar-refractivity contribution in [1.82, 2.24) is 9.31 Å². The number of anilines is 1. The van der Waals surface area contributed by atoms with E-state index >= 15 is 0 Å². The van der Waals surface area contributed by atoms with Crippen LogP contribution in [0.5, 0.6) is 0 Å². The predicted octanol–water partition coefficient (Wildman–Crippen LogP) is 3.69. The van der Waals surface area contributed by atoms with Crippen LogP contribution in [0.3, 0.4) is 0 Å². The van der Waals surface area contributed by atoms with E-state index in [2.05, 4.69) is 10.4 Å². The van der Waals surface area contributed by atoms with Crippen molar-refractivity contribution in [2.24, 2.45) is 5.10 Å². The quantitative estimate of drug-likeness (QED) is 0.511. The summed E-state index contributed by atoms with van der Waals surface area (Å²) < 4.78 is 37.6. The van der Waals surface area contributed by atoms with Gasteiger partial charge in [0, 0.05) is 25.2 Å². The fourth-order valence-corrected chi connectivity index (χ4v) is 5.21. The summed E-state index contributed by atoms with van der Waals surface area (Å²) in [5, 5.41) is 8.94. The zero-order chi connectivity index (χ0) is 23.4. The van der Waals surface area contributed by atoms with Gasteiger partial charge >= 0.3 is 0 Å². The van der Waals surface area contributed by atoms with Crippen LogP contribution in [-0.2, 0) is 14.8 Å². The molecule has 10 heteroatoms. The van der Waals surface area contributed by atoms with Crippen LogP contribution in [0.4, 0.5) is 5.69 Å². The van der Waals surface area contributed by atoms with Crippen molar-refractivity contribution in [3.63, 3.8) is 0 Å². The van der Waals surface area contributed by atoms with Gasteiger partial charge in [0.15, 0.2) is 0 Å². The summed E-state index contributed by atoms with van der Waals surface area (Å²) in [7, 11) is -3.53. The van der Waals surface area contributed by atoms with E-state index in [-0.39, 0.29) is 23.4 Å². The lowest BCUT2D eigenvalue weighted by molar-refractivity contribution is -0.131. The number of hydrogen-bond donors (Lipinski definition) is 1. The number of carbonyl (C=O) groups excluding carboxylic acids is 1. The number of hydrogen-bond acceptors (Lipinski definition) is 7. The number of rotatable bonds is 9. The monoisotopic (exact) mass is 470 g/mol. The Morgan fingerprint density at radius 3 is 2.39 bits per heavy atom. The van der Waals surface area contributed by atoms with E-state index in [4.69, 9.17) is 8.83 Å². The average Bonchev–Trinajstić information content (AvgIpc) is 3.59. The predicted molar refractivity (Wildman–Crippen MR) is 123 cm³/mol. The van der Waals surface area contributed by atoms with Gasteiger partial charge in [-0.2, -0.15) is 9.41 Å². The molecule has 2 aromatic heterocycles. The van der Waals surface area contributed by atoms with E-state index in [9.17, 15) is 13.2 Å². The fourth-order valence-electron chi connectivity index (χ4n) is 3.75. The zero-order valence-corrected chi connectivity index (χ0v) is 19.3. The van der Waals surface area contributed by atoms with Gasteiger partial charge in [0.1, 0.15) is 23.3 Å². The SMILES string of the molecule is CCN(CC)S(=O)(=O)c1ccc(NCC(=O)N2N=C(c3ccco3)CC2c2ccco2)cc1. The number of amides is 1. The highest BCUT2D eigenvalue weighted by Gasteiger charge is 2.35. The van der Waals surface area contributed by atoms with Gasteiger partial charge in [0.05, 0.1) is 24.0 Å². The fraction of sp³-hybridized carbons (Fsp3) is 0.304. The highest BCUT2D eigenvalue weighted by molar-refractivity contribution is 7.89. The van der Waals surface area contributed by atoms with E-state index in [1.54, 1.807) is 56.7 Å². The van der Waals surface area contributed by atoms with Crippen molar-refractivity contribution < 1.29 is 22.0 Å². The van der Waals surface area contributed by atoms with E-state index in [0.717, 1.165) is 0 Å². The second-order valence-corrected chi connectivity index (χ2v) is 9.40. The van der Waals surface area contributed by atoms with Crippen LogP contribution in [0, 0.1) is 0 Å². The van der Waals surface area contributed by atoms with Crippen LogP contribution >= 0.6 is 0 Å².